The van der Waals surface area contributed by atoms with E-state index < -0.39 is 34.8 Å². The number of aromatic nitrogens is 2. The number of carbonyl (C=O) groups is 1. The SMILES string of the molecule is O=C(Cc1[nH]c(=S)n2c1CC(c1c(F)c(F)cc(F)c1F)C2)NC1CCOCC1. The molecular weight excluding hydrogens is 410 g/mol. The number of nitrogens with one attached hydrogen (secondary N) is 2. The summed E-state index contributed by atoms with van der Waals surface area (Å²) in [5, 5.41) is 2.94. The second-order valence-corrected chi connectivity index (χ2v) is 7.77. The van der Waals surface area contributed by atoms with Crippen LogP contribution in [0, 0.1) is 28.0 Å². The van der Waals surface area contributed by atoms with Gasteiger partial charge < -0.3 is 19.6 Å². The van der Waals surface area contributed by atoms with E-state index in [4.69, 9.17) is 17.0 Å². The van der Waals surface area contributed by atoms with Crippen molar-refractivity contribution in [3.63, 3.8) is 0 Å². The number of carbonyl (C=O) groups excluding carboxylic acids is 1. The highest BCUT2D eigenvalue weighted by Crippen LogP contribution is 2.36. The summed E-state index contributed by atoms with van der Waals surface area (Å²) in [7, 11) is 0. The fourth-order valence-electron chi connectivity index (χ4n) is 4.07. The van der Waals surface area contributed by atoms with E-state index in [0.717, 1.165) is 12.8 Å². The van der Waals surface area contributed by atoms with E-state index in [1.165, 1.54) is 0 Å². The number of rotatable bonds is 4. The monoisotopic (exact) mass is 429 g/mol. The van der Waals surface area contributed by atoms with E-state index in [9.17, 15) is 22.4 Å². The Morgan fingerprint density at radius 3 is 2.52 bits per heavy atom. The first-order valence-electron chi connectivity index (χ1n) is 9.35. The Hall–Kier alpha value is -2.20. The number of amides is 1. The Kier molecular flexibility index (Phi) is 5.48. The van der Waals surface area contributed by atoms with Gasteiger partial charge in [-0.25, -0.2) is 17.6 Å². The highest BCUT2D eigenvalue weighted by Gasteiger charge is 2.33. The maximum absolute atomic E-state index is 14.2. The van der Waals surface area contributed by atoms with Crippen LogP contribution in [0.5, 0.6) is 0 Å². The van der Waals surface area contributed by atoms with Crippen LogP contribution in [-0.4, -0.2) is 34.7 Å². The molecule has 0 bridgehead atoms. The van der Waals surface area contributed by atoms with Gasteiger partial charge in [0.05, 0.1) is 6.42 Å². The van der Waals surface area contributed by atoms with E-state index in [2.05, 4.69) is 10.3 Å². The predicted octanol–water partition coefficient (Wildman–Crippen LogP) is 3.28. The van der Waals surface area contributed by atoms with Gasteiger partial charge in [-0.1, -0.05) is 0 Å². The minimum atomic E-state index is -1.43. The quantitative estimate of drug-likeness (QED) is 0.446. The fourth-order valence-corrected chi connectivity index (χ4v) is 4.38. The van der Waals surface area contributed by atoms with Crippen molar-refractivity contribution in [2.24, 2.45) is 0 Å². The van der Waals surface area contributed by atoms with E-state index in [-0.39, 0.29) is 37.4 Å². The van der Waals surface area contributed by atoms with Gasteiger partial charge in [-0.2, -0.15) is 0 Å². The lowest BCUT2D eigenvalue weighted by Crippen LogP contribution is -2.39. The van der Waals surface area contributed by atoms with Crippen LogP contribution in [0.25, 0.3) is 0 Å². The molecule has 1 saturated heterocycles. The highest BCUT2D eigenvalue weighted by atomic mass is 32.1. The van der Waals surface area contributed by atoms with E-state index >= 15 is 0 Å². The molecule has 0 aliphatic carbocycles. The predicted molar refractivity (Wildman–Crippen MR) is 98.0 cm³/mol. The maximum atomic E-state index is 14.2. The summed E-state index contributed by atoms with van der Waals surface area (Å²) < 4.78 is 62.8. The molecule has 2 aliphatic rings. The molecule has 0 spiro atoms. The van der Waals surface area contributed by atoms with Gasteiger partial charge in [0, 0.05) is 54.7 Å². The standard InChI is InChI=1S/C19H19F4N3O2S/c20-11-6-12(21)18(23)16(17(11)22)9-5-14-13(25-19(29)26(14)8-9)7-15(27)24-10-1-3-28-4-2-10/h6,9-10H,1-5,7-8H2,(H,24,27)(H,25,29). The van der Waals surface area contributed by atoms with Gasteiger partial charge in [0.15, 0.2) is 28.0 Å². The molecule has 1 aromatic carbocycles. The van der Waals surface area contributed by atoms with E-state index in [1.807, 2.05) is 0 Å². The topological polar surface area (TPSA) is 59.0 Å². The minimum Gasteiger partial charge on any atom is -0.381 e. The maximum Gasteiger partial charge on any atom is 0.226 e. The van der Waals surface area contributed by atoms with Crippen molar-refractivity contribution < 1.29 is 27.1 Å². The normalized spacial score (nSPS) is 19.4. The Bertz CT molecular complexity index is 988. The van der Waals surface area contributed by atoms with Crippen LogP contribution in [0.1, 0.15) is 35.7 Å². The zero-order valence-corrected chi connectivity index (χ0v) is 16.2. The third-order valence-electron chi connectivity index (χ3n) is 5.50. The van der Waals surface area contributed by atoms with Crippen molar-refractivity contribution in [3.8, 4) is 0 Å². The number of imidazole rings is 1. The lowest BCUT2D eigenvalue weighted by atomic mass is 9.94. The molecule has 0 radical (unpaired) electrons. The number of hydrogen-bond acceptors (Lipinski definition) is 3. The average molecular weight is 429 g/mol. The molecule has 0 saturated carbocycles. The largest absolute Gasteiger partial charge is 0.381 e. The van der Waals surface area contributed by atoms with Gasteiger partial charge in [-0.15, -0.1) is 0 Å². The Labute approximate surface area is 169 Å². The van der Waals surface area contributed by atoms with Crippen molar-refractivity contribution in [2.75, 3.05) is 13.2 Å². The molecule has 4 rings (SSSR count). The molecule has 2 N–H and O–H groups in total. The molecule has 156 valence electrons. The summed E-state index contributed by atoms with van der Waals surface area (Å²) >= 11 is 5.26. The number of fused-ring (bicyclic) bond motifs is 1. The molecule has 29 heavy (non-hydrogen) atoms. The number of nitrogens with zero attached hydrogens (tertiary/aromatic N) is 1. The van der Waals surface area contributed by atoms with Gasteiger partial charge in [0.1, 0.15) is 0 Å². The van der Waals surface area contributed by atoms with Crippen LogP contribution in [0.2, 0.25) is 0 Å². The lowest BCUT2D eigenvalue weighted by Gasteiger charge is -2.23. The second-order valence-electron chi connectivity index (χ2n) is 7.38. The summed E-state index contributed by atoms with van der Waals surface area (Å²) in [6.07, 6.45) is 1.62. The van der Waals surface area contributed by atoms with Crippen LogP contribution >= 0.6 is 12.2 Å². The Morgan fingerprint density at radius 1 is 1.21 bits per heavy atom. The summed E-state index contributed by atoms with van der Waals surface area (Å²) in [4.78, 5) is 15.4. The van der Waals surface area contributed by atoms with Gasteiger partial charge in [0.25, 0.3) is 0 Å². The van der Waals surface area contributed by atoms with Crippen LogP contribution in [0.3, 0.4) is 0 Å². The molecule has 10 heteroatoms. The first kappa shape index (κ1) is 20.1. The van der Waals surface area contributed by atoms with Gasteiger partial charge >= 0.3 is 0 Å². The van der Waals surface area contributed by atoms with Crippen molar-refractivity contribution in [1.82, 2.24) is 14.9 Å². The van der Waals surface area contributed by atoms with Crippen molar-refractivity contribution in [2.45, 2.75) is 44.2 Å². The smallest absolute Gasteiger partial charge is 0.226 e. The van der Waals surface area contributed by atoms with Crippen LogP contribution < -0.4 is 5.32 Å². The number of ether oxygens (including phenoxy) is 1. The second kappa shape index (κ2) is 7.91. The molecule has 1 aromatic heterocycles. The van der Waals surface area contributed by atoms with Crippen molar-refractivity contribution in [3.05, 3.63) is 51.1 Å². The number of hydrogen-bond donors (Lipinski definition) is 2. The third-order valence-corrected chi connectivity index (χ3v) is 5.82. The fraction of sp³-hybridized carbons (Fsp3) is 0.474. The summed E-state index contributed by atoms with van der Waals surface area (Å²) in [6.45, 7) is 1.26. The Balaban J connectivity index is 1.54. The molecule has 1 fully saturated rings. The lowest BCUT2D eigenvalue weighted by molar-refractivity contribution is -0.121. The van der Waals surface area contributed by atoms with Crippen LogP contribution in [-0.2, 0) is 28.9 Å². The average Bonchev–Trinajstić information content (AvgIpc) is 3.22. The molecule has 5 nitrogen and oxygen atoms in total. The first-order chi connectivity index (χ1) is 13.8. The number of H-pyrrole nitrogens is 1. The zero-order chi connectivity index (χ0) is 20.7. The van der Waals surface area contributed by atoms with E-state index in [1.54, 1.807) is 4.57 Å². The molecular formula is C19H19F4N3O2S. The van der Waals surface area contributed by atoms with E-state index in [0.29, 0.717) is 29.4 Å². The molecule has 3 heterocycles. The number of aromatic amines is 1. The Morgan fingerprint density at radius 2 is 1.86 bits per heavy atom. The van der Waals surface area contributed by atoms with Gasteiger partial charge in [-0.05, 0) is 31.5 Å². The van der Waals surface area contributed by atoms with Crippen LogP contribution in [0.15, 0.2) is 6.07 Å². The number of benzene rings is 1. The molecule has 2 aromatic rings. The van der Waals surface area contributed by atoms with Crippen molar-refractivity contribution >= 4 is 18.1 Å². The highest BCUT2D eigenvalue weighted by molar-refractivity contribution is 7.71. The van der Waals surface area contributed by atoms with Gasteiger partial charge in [0.2, 0.25) is 5.91 Å². The van der Waals surface area contributed by atoms with Crippen molar-refractivity contribution in [1.29, 1.82) is 0 Å². The molecule has 1 unspecified atom stereocenters. The van der Waals surface area contributed by atoms with Crippen LogP contribution in [0.4, 0.5) is 17.6 Å². The molecule has 1 atom stereocenters. The first-order valence-corrected chi connectivity index (χ1v) is 9.76. The third kappa shape index (κ3) is 3.83. The summed E-state index contributed by atoms with van der Waals surface area (Å²) in [6, 6.07) is 0.239. The molecule has 1 amide bonds. The minimum absolute atomic E-state index is 0.0263. The summed E-state index contributed by atoms with van der Waals surface area (Å²) in [5.41, 5.74) is 0.531. The summed E-state index contributed by atoms with van der Waals surface area (Å²) in [5.74, 6) is -6.67. The number of halogens is 4. The zero-order valence-electron chi connectivity index (χ0n) is 15.4. The van der Waals surface area contributed by atoms with Gasteiger partial charge in [-0.3, -0.25) is 4.79 Å². The molecule has 2 aliphatic heterocycles.